The highest BCUT2D eigenvalue weighted by atomic mass is 16.5. The van der Waals surface area contributed by atoms with Crippen molar-refractivity contribution in [2.45, 2.75) is 31.8 Å². The van der Waals surface area contributed by atoms with Crippen molar-refractivity contribution < 1.29 is 9.53 Å². The third-order valence-electron chi connectivity index (χ3n) is 3.33. The Hall–Kier alpha value is -1.55. The van der Waals surface area contributed by atoms with Crippen LogP contribution in [0.1, 0.15) is 31.4 Å². The highest BCUT2D eigenvalue weighted by molar-refractivity contribution is 5.82. The van der Waals surface area contributed by atoms with Gasteiger partial charge in [-0.15, -0.1) is 0 Å². The molecule has 1 aliphatic rings. The zero-order valence-electron chi connectivity index (χ0n) is 10.9. The lowest BCUT2D eigenvalue weighted by Crippen LogP contribution is -2.41. The summed E-state index contributed by atoms with van der Waals surface area (Å²) < 4.78 is 5.18. The fourth-order valence-corrected chi connectivity index (χ4v) is 2.22. The van der Waals surface area contributed by atoms with E-state index in [-0.39, 0.29) is 18.0 Å². The SMILES string of the molecule is COc1cccc([C@H](C)NC(=O)C2CCCN2)c1. The van der Waals surface area contributed by atoms with Gasteiger partial charge in [0.2, 0.25) is 5.91 Å². The van der Waals surface area contributed by atoms with Gasteiger partial charge in [0.1, 0.15) is 5.75 Å². The van der Waals surface area contributed by atoms with Crippen molar-refractivity contribution in [1.82, 2.24) is 10.6 Å². The molecule has 1 heterocycles. The summed E-state index contributed by atoms with van der Waals surface area (Å²) in [4.78, 5) is 12.0. The lowest BCUT2D eigenvalue weighted by atomic mass is 10.1. The van der Waals surface area contributed by atoms with Crippen molar-refractivity contribution in [1.29, 1.82) is 0 Å². The van der Waals surface area contributed by atoms with E-state index in [2.05, 4.69) is 10.6 Å². The van der Waals surface area contributed by atoms with Crippen molar-refractivity contribution in [2.75, 3.05) is 13.7 Å². The van der Waals surface area contributed by atoms with Crippen molar-refractivity contribution in [3.63, 3.8) is 0 Å². The van der Waals surface area contributed by atoms with Crippen LogP contribution >= 0.6 is 0 Å². The van der Waals surface area contributed by atoms with E-state index in [1.165, 1.54) is 0 Å². The quantitative estimate of drug-likeness (QED) is 0.851. The van der Waals surface area contributed by atoms with Gasteiger partial charge in [-0.25, -0.2) is 0 Å². The molecule has 98 valence electrons. The van der Waals surface area contributed by atoms with E-state index in [0.717, 1.165) is 30.7 Å². The van der Waals surface area contributed by atoms with E-state index in [0.29, 0.717) is 0 Å². The average molecular weight is 248 g/mol. The molecule has 0 aliphatic carbocycles. The fourth-order valence-electron chi connectivity index (χ4n) is 2.22. The third kappa shape index (κ3) is 3.01. The molecule has 1 unspecified atom stereocenters. The van der Waals surface area contributed by atoms with Crippen LogP contribution in [0, 0.1) is 0 Å². The maximum Gasteiger partial charge on any atom is 0.237 e. The Bertz CT molecular complexity index is 414. The summed E-state index contributed by atoms with van der Waals surface area (Å²) in [5, 5.41) is 6.23. The van der Waals surface area contributed by atoms with Gasteiger partial charge in [-0.3, -0.25) is 4.79 Å². The molecular weight excluding hydrogens is 228 g/mol. The van der Waals surface area contributed by atoms with Crippen LogP contribution in [0.3, 0.4) is 0 Å². The van der Waals surface area contributed by atoms with Gasteiger partial charge in [-0.1, -0.05) is 12.1 Å². The molecule has 2 N–H and O–H groups in total. The van der Waals surface area contributed by atoms with E-state index in [9.17, 15) is 4.79 Å². The molecule has 1 amide bonds. The number of nitrogens with one attached hydrogen (secondary N) is 2. The minimum atomic E-state index is -0.0296. The number of rotatable bonds is 4. The summed E-state index contributed by atoms with van der Waals surface area (Å²) in [5.74, 6) is 0.899. The Morgan fingerprint density at radius 2 is 2.39 bits per heavy atom. The predicted molar refractivity (Wildman–Crippen MR) is 70.6 cm³/mol. The van der Waals surface area contributed by atoms with Crippen LogP contribution in [0.4, 0.5) is 0 Å². The second kappa shape index (κ2) is 5.87. The molecule has 2 rings (SSSR count). The van der Waals surface area contributed by atoms with E-state index >= 15 is 0 Å². The van der Waals surface area contributed by atoms with E-state index in [4.69, 9.17) is 4.74 Å². The smallest absolute Gasteiger partial charge is 0.237 e. The molecule has 1 aliphatic heterocycles. The van der Waals surface area contributed by atoms with Gasteiger partial charge >= 0.3 is 0 Å². The number of ether oxygens (including phenoxy) is 1. The van der Waals surface area contributed by atoms with Crippen LogP contribution in [0.15, 0.2) is 24.3 Å². The van der Waals surface area contributed by atoms with E-state index < -0.39 is 0 Å². The average Bonchev–Trinajstić information content (AvgIpc) is 2.92. The molecule has 0 saturated carbocycles. The predicted octanol–water partition coefficient (Wildman–Crippen LogP) is 1.62. The number of carbonyl (C=O) groups excluding carboxylic acids is 1. The second-order valence-electron chi connectivity index (χ2n) is 4.66. The molecule has 1 aromatic carbocycles. The zero-order valence-corrected chi connectivity index (χ0v) is 10.9. The first-order valence-corrected chi connectivity index (χ1v) is 6.38. The van der Waals surface area contributed by atoms with E-state index in [1.807, 2.05) is 31.2 Å². The normalized spacial score (nSPS) is 20.4. The summed E-state index contributed by atoms with van der Waals surface area (Å²) in [6.45, 7) is 2.92. The minimum Gasteiger partial charge on any atom is -0.497 e. The maximum atomic E-state index is 12.0. The van der Waals surface area contributed by atoms with Gasteiger partial charge in [-0.2, -0.15) is 0 Å². The van der Waals surface area contributed by atoms with Crippen LogP contribution < -0.4 is 15.4 Å². The molecule has 18 heavy (non-hydrogen) atoms. The molecule has 0 bridgehead atoms. The highest BCUT2D eigenvalue weighted by Crippen LogP contribution is 2.19. The number of amides is 1. The molecule has 0 aromatic heterocycles. The maximum absolute atomic E-state index is 12.0. The first-order valence-electron chi connectivity index (χ1n) is 6.38. The molecule has 1 aromatic rings. The number of hydrogen-bond acceptors (Lipinski definition) is 3. The second-order valence-corrected chi connectivity index (χ2v) is 4.66. The van der Waals surface area contributed by atoms with Gasteiger partial charge in [0.05, 0.1) is 19.2 Å². The van der Waals surface area contributed by atoms with Crippen LogP contribution in [0.5, 0.6) is 5.75 Å². The number of methoxy groups -OCH3 is 1. The number of carbonyl (C=O) groups is 1. The third-order valence-corrected chi connectivity index (χ3v) is 3.33. The molecule has 1 fully saturated rings. The van der Waals surface area contributed by atoms with Crippen molar-refractivity contribution in [2.24, 2.45) is 0 Å². The summed E-state index contributed by atoms with van der Waals surface area (Å²) in [7, 11) is 1.64. The summed E-state index contributed by atoms with van der Waals surface area (Å²) in [6, 6.07) is 7.75. The fraction of sp³-hybridized carbons (Fsp3) is 0.500. The van der Waals surface area contributed by atoms with E-state index in [1.54, 1.807) is 7.11 Å². The number of hydrogen-bond donors (Lipinski definition) is 2. The van der Waals surface area contributed by atoms with Gasteiger partial charge in [0.25, 0.3) is 0 Å². The van der Waals surface area contributed by atoms with Gasteiger partial charge in [-0.05, 0) is 44.0 Å². The van der Waals surface area contributed by atoms with Crippen LogP contribution in [0.2, 0.25) is 0 Å². The molecule has 1 saturated heterocycles. The highest BCUT2D eigenvalue weighted by Gasteiger charge is 2.23. The van der Waals surface area contributed by atoms with Crippen LogP contribution in [-0.2, 0) is 4.79 Å². The standard InChI is InChI=1S/C14H20N2O2/c1-10(11-5-3-6-12(9-11)18-2)16-14(17)13-7-4-8-15-13/h3,5-6,9-10,13,15H,4,7-8H2,1-2H3,(H,16,17)/t10-,13?/m0/s1. The Morgan fingerprint density at radius 1 is 1.56 bits per heavy atom. The molecule has 0 spiro atoms. The summed E-state index contributed by atoms with van der Waals surface area (Å²) in [5.41, 5.74) is 1.06. The Morgan fingerprint density at radius 3 is 3.06 bits per heavy atom. The molecule has 2 atom stereocenters. The first kappa shape index (κ1) is 12.9. The van der Waals surface area contributed by atoms with Gasteiger partial charge < -0.3 is 15.4 Å². The largest absolute Gasteiger partial charge is 0.497 e. The lowest BCUT2D eigenvalue weighted by molar-refractivity contribution is -0.123. The molecule has 4 heteroatoms. The van der Waals surface area contributed by atoms with Crippen molar-refractivity contribution in [3.05, 3.63) is 29.8 Å². The zero-order chi connectivity index (χ0) is 13.0. The topological polar surface area (TPSA) is 50.4 Å². The molecular formula is C14H20N2O2. The minimum absolute atomic E-state index is 0.00463. The van der Waals surface area contributed by atoms with Crippen molar-refractivity contribution in [3.8, 4) is 5.75 Å². The summed E-state index contributed by atoms with van der Waals surface area (Å²) in [6.07, 6.45) is 2.00. The Kier molecular flexibility index (Phi) is 4.20. The summed E-state index contributed by atoms with van der Waals surface area (Å²) >= 11 is 0. The Balaban J connectivity index is 1.97. The molecule has 4 nitrogen and oxygen atoms in total. The Labute approximate surface area is 108 Å². The first-order chi connectivity index (χ1) is 8.70. The van der Waals surface area contributed by atoms with Gasteiger partial charge in [0.15, 0.2) is 0 Å². The van der Waals surface area contributed by atoms with Crippen LogP contribution in [0.25, 0.3) is 0 Å². The molecule has 0 radical (unpaired) electrons. The van der Waals surface area contributed by atoms with Gasteiger partial charge in [0, 0.05) is 0 Å². The van der Waals surface area contributed by atoms with Crippen molar-refractivity contribution >= 4 is 5.91 Å². The monoisotopic (exact) mass is 248 g/mol. The number of benzene rings is 1. The van der Waals surface area contributed by atoms with Crippen LogP contribution in [-0.4, -0.2) is 25.6 Å². The lowest BCUT2D eigenvalue weighted by Gasteiger charge is -2.18.